The molecule has 0 spiro atoms. The molecule has 0 saturated heterocycles. The molecule has 0 aliphatic heterocycles. The Morgan fingerprint density at radius 2 is 2.00 bits per heavy atom. The maximum absolute atomic E-state index is 2.35. The van der Waals surface area contributed by atoms with E-state index in [1.165, 1.54) is 12.8 Å². The zero-order chi connectivity index (χ0) is 5.70. The standard InChI is InChI=1S/C7H15/c1-4-6-7(3)5-2/h6-7H,4-5H2,1-3H3/q+1. The summed E-state index contributed by atoms with van der Waals surface area (Å²) in [4.78, 5) is 0. The van der Waals surface area contributed by atoms with Crippen LogP contribution >= 0.6 is 0 Å². The first-order chi connectivity index (χ1) is 3.31. The van der Waals surface area contributed by atoms with Crippen LogP contribution in [-0.2, 0) is 0 Å². The highest BCUT2D eigenvalue weighted by molar-refractivity contribution is 4.67. The Hall–Kier alpha value is -0.130. The average molecular weight is 99.2 g/mol. The Labute approximate surface area is 46.9 Å². The fourth-order valence-electron chi connectivity index (χ4n) is 0.569. The predicted molar refractivity (Wildman–Crippen MR) is 34.0 cm³/mol. The predicted octanol–water partition coefficient (Wildman–Crippen LogP) is 2.65. The van der Waals surface area contributed by atoms with Gasteiger partial charge in [0.25, 0.3) is 0 Å². The molecule has 0 N–H and O–H groups in total. The van der Waals surface area contributed by atoms with Crippen molar-refractivity contribution in [2.24, 2.45) is 5.92 Å². The van der Waals surface area contributed by atoms with Crippen LogP contribution in [0.1, 0.15) is 33.6 Å². The highest BCUT2D eigenvalue weighted by atomic mass is 14.0. The Balaban J connectivity index is 2.83. The minimum Gasteiger partial charge on any atom is -0.0610 e. The van der Waals surface area contributed by atoms with Gasteiger partial charge < -0.3 is 0 Å². The van der Waals surface area contributed by atoms with E-state index in [-0.39, 0.29) is 0 Å². The van der Waals surface area contributed by atoms with Crippen molar-refractivity contribution in [2.45, 2.75) is 33.6 Å². The summed E-state index contributed by atoms with van der Waals surface area (Å²) in [6.07, 6.45) is 4.85. The van der Waals surface area contributed by atoms with Crippen molar-refractivity contribution in [3.63, 3.8) is 0 Å². The van der Waals surface area contributed by atoms with Crippen molar-refractivity contribution in [1.82, 2.24) is 0 Å². The van der Waals surface area contributed by atoms with Crippen LogP contribution in [0.5, 0.6) is 0 Å². The molecule has 0 heterocycles. The third-order valence-electron chi connectivity index (χ3n) is 1.28. The molecule has 0 aromatic carbocycles. The summed E-state index contributed by atoms with van der Waals surface area (Å²) in [6, 6.07) is 0. The molecular formula is C7H15+. The van der Waals surface area contributed by atoms with Crippen molar-refractivity contribution < 1.29 is 0 Å². The largest absolute Gasteiger partial charge is 0.0946 e. The quantitative estimate of drug-likeness (QED) is 0.477. The summed E-state index contributed by atoms with van der Waals surface area (Å²) in [7, 11) is 0. The minimum absolute atomic E-state index is 0.824. The summed E-state index contributed by atoms with van der Waals surface area (Å²) in [5.74, 6) is 0.824. The first kappa shape index (κ1) is 6.87. The lowest BCUT2D eigenvalue weighted by molar-refractivity contribution is 0.626. The van der Waals surface area contributed by atoms with E-state index >= 15 is 0 Å². The van der Waals surface area contributed by atoms with E-state index in [0.29, 0.717) is 0 Å². The second-order valence-electron chi connectivity index (χ2n) is 2.03. The van der Waals surface area contributed by atoms with Gasteiger partial charge in [0.05, 0.1) is 18.8 Å². The lowest BCUT2D eigenvalue weighted by Crippen LogP contribution is -1.89. The molecule has 0 saturated carbocycles. The Morgan fingerprint density at radius 1 is 1.43 bits per heavy atom. The maximum Gasteiger partial charge on any atom is 0.0946 e. The molecule has 0 bridgehead atoms. The van der Waals surface area contributed by atoms with Crippen molar-refractivity contribution in [3.05, 3.63) is 6.42 Å². The van der Waals surface area contributed by atoms with Crippen LogP contribution in [0.3, 0.4) is 0 Å². The molecule has 42 valence electrons. The van der Waals surface area contributed by atoms with Crippen LogP contribution in [-0.4, -0.2) is 0 Å². The summed E-state index contributed by atoms with van der Waals surface area (Å²) in [5, 5.41) is 0. The zero-order valence-electron chi connectivity index (χ0n) is 5.57. The molecule has 0 aromatic rings. The second-order valence-corrected chi connectivity index (χ2v) is 2.03. The van der Waals surface area contributed by atoms with Crippen LogP contribution < -0.4 is 0 Å². The Kier molecular flexibility index (Phi) is 3.97. The van der Waals surface area contributed by atoms with Crippen molar-refractivity contribution in [3.8, 4) is 0 Å². The molecule has 0 aromatic heterocycles. The normalized spacial score (nSPS) is 13.6. The van der Waals surface area contributed by atoms with Gasteiger partial charge in [0, 0.05) is 0 Å². The topological polar surface area (TPSA) is 0 Å². The monoisotopic (exact) mass is 99.1 g/mol. The summed E-state index contributed by atoms with van der Waals surface area (Å²) in [5.41, 5.74) is 0. The first-order valence-electron chi connectivity index (χ1n) is 3.14. The van der Waals surface area contributed by atoms with Crippen LogP contribution in [0.25, 0.3) is 0 Å². The van der Waals surface area contributed by atoms with Crippen molar-refractivity contribution >= 4 is 0 Å². The molecule has 0 aliphatic carbocycles. The number of hydrogen-bond acceptors (Lipinski definition) is 0. The summed E-state index contributed by atoms with van der Waals surface area (Å²) >= 11 is 0. The fourth-order valence-corrected chi connectivity index (χ4v) is 0.569. The molecule has 7 heavy (non-hydrogen) atoms. The third kappa shape index (κ3) is 3.71. The molecule has 1 unspecified atom stereocenters. The third-order valence-corrected chi connectivity index (χ3v) is 1.28. The van der Waals surface area contributed by atoms with Crippen molar-refractivity contribution in [2.75, 3.05) is 0 Å². The molecular weight excluding hydrogens is 84.1 g/mol. The molecule has 1 atom stereocenters. The highest BCUT2D eigenvalue weighted by Crippen LogP contribution is 2.05. The van der Waals surface area contributed by atoms with Crippen LogP contribution in [0.2, 0.25) is 0 Å². The SMILES string of the molecule is CC[CH+]C(C)CC. The highest BCUT2D eigenvalue weighted by Gasteiger charge is 2.03. The molecule has 0 rings (SSSR count). The smallest absolute Gasteiger partial charge is 0.0610 e. The van der Waals surface area contributed by atoms with Gasteiger partial charge in [0.1, 0.15) is 0 Å². The molecule has 0 aliphatic rings. The van der Waals surface area contributed by atoms with Crippen molar-refractivity contribution in [1.29, 1.82) is 0 Å². The van der Waals surface area contributed by atoms with E-state index in [1.54, 1.807) is 0 Å². The van der Waals surface area contributed by atoms with Crippen LogP contribution in [0, 0.1) is 12.3 Å². The summed E-state index contributed by atoms with van der Waals surface area (Å²) in [6.45, 7) is 6.66. The Bertz CT molecular complexity index is 31.0. The second kappa shape index (κ2) is 4.04. The van der Waals surface area contributed by atoms with E-state index in [1.807, 2.05) is 0 Å². The first-order valence-corrected chi connectivity index (χ1v) is 3.14. The molecule has 0 amide bonds. The van der Waals surface area contributed by atoms with E-state index in [2.05, 4.69) is 27.2 Å². The average Bonchev–Trinajstić information content (AvgIpc) is 1.68. The van der Waals surface area contributed by atoms with Gasteiger partial charge in [-0.15, -0.1) is 0 Å². The van der Waals surface area contributed by atoms with Gasteiger partial charge in [-0.3, -0.25) is 0 Å². The van der Waals surface area contributed by atoms with E-state index in [4.69, 9.17) is 0 Å². The van der Waals surface area contributed by atoms with Crippen LogP contribution in [0.15, 0.2) is 0 Å². The zero-order valence-corrected chi connectivity index (χ0v) is 5.57. The maximum atomic E-state index is 2.35. The van der Waals surface area contributed by atoms with E-state index in [9.17, 15) is 0 Å². The number of rotatable bonds is 3. The van der Waals surface area contributed by atoms with Crippen LogP contribution in [0.4, 0.5) is 0 Å². The fraction of sp³-hybridized carbons (Fsp3) is 0.857. The van der Waals surface area contributed by atoms with E-state index in [0.717, 1.165) is 5.92 Å². The molecule has 0 nitrogen and oxygen atoms in total. The van der Waals surface area contributed by atoms with Gasteiger partial charge in [-0.25, -0.2) is 0 Å². The summed E-state index contributed by atoms with van der Waals surface area (Å²) < 4.78 is 0. The van der Waals surface area contributed by atoms with Gasteiger partial charge in [-0.2, -0.15) is 0 Å². The lowest BCUT2D eigenvalue weighted by atomic mass is 10.0. The van der Waals surface area contributed by atoms with Gasteiger partial charge >= 0.3 is 0 Å². The van der Waals surface area contributed by atoms with E-state index < -0.39 is 0 Å². The van der Waals surface area contributed by atoms with Gasteiger partial charge in [-0.05, 0) is 20.3 Å². The molecule has 0 fully saturated rings. The van der Waals surface area contributed by atoms with Gasteiger partial charge in [0.2, 0.25) is 0 Å². The lowest BCUT2D eigenvalue weighted by Gasteiger charge is -1.92. The number of hydrogen-bond donors (Lipinski definition) is 0. The van der Waals surface area contributed by atoms with Gasteiger partial charge in [-0.1, -0.05) is 6.92 Å². The molecule has 0 radical (unpaired) electrons. The van der Waals surface area contributed by atoms with Gasteiger partial charge in [0.15, 0.2) is 0 Å². The minimum atomic E-state index is 0.824. The molecule has 0 heteroatoms. The Morgan fingerprint density at radius 3 is 2.14 bits per heavy atom.